The molecule has 1 heterocycles. The van der Waals surface area contributed by atoms with Crippen LogP contribution in [0.2, 0.25) is 0 Å². The van der Waals surface area contributed by atoms with Gasteiger partial charge in [0, 0.05) is 24.8 Å². The van der Waals surface area contributed by atoms with Crippen molar-refractivity contribution in [1.29, 1.82) is 0 Å². The van der Waals surface area contributed by atoms with Crippen LogP contribution in [0, 0.1) is 13.8 Å². The molecule has 4 nitrogen and oxygen atoms in total. The average Bonchev–Trinajstić information content (AvgIpc) is 3.25. The molecule has 0 aliphatic heterocycles. The lowest BCUT2D eigenvalue weighted by molar-refractivity contribution is 0.0663. The summed E-state index contributed by atoms with van der Waals surface area (Å²) < 4.78 is 1.95. The van der Waals surface area contributed by atoms with Gasteiger partial charge in [-0.1, -0.05) is 49.6 Å². The molecule has 2 aromatic rings. The van der Waals surface area contributed by atoms with Crippen molar-refractivity contribution >= 4 is 5.91 Å². The Labute approximate surface area is 150 Å². The Morgan fingerprint density at radius 1 is 1.20 bits per heavy atom. The first kappa shape index (κ1) is 17.7. The van der Waals surface area contributed by atoms with Gasteiger partial charge in [0.25, 0.3) is 5.91 Å². The summed E-state index contributed by atoms with van der Waals surface area (Å²) in [7, 11) is 0. The monoisotopic (exact) mass is 339 g/mol. The molecule has 1 aliphatic rings. The van der Waals surface area contributed by atoms with E-state index in [4.69, 9.17) is 0 Å². The Bertz CT molecular complexity index is 711. The highest BCUT2D eigenvalue weighted by molar-refractivity contribution is 5.95. The molecule has 0 N–H and O–H groups in total. The smallest absolute Gasteiger partial charge is 0.257 e. The topological polar surface area (TPSA) is 38.1 Å². The minimum Gasteiger partial charge on any atom is -0.331 e. The summed E-state index contributed by atoms with van der Waals surface area (Å²) >= 11 is 0. The third-order valence-electron chi connectivity index (χ3n) is 5.27. The molecule has 1 fully saturated rings. The Morgan fingerprint density at radius 3 is 2.52 bits per heavy atom. The van der Waals surface area contributed by atoms with E-state index in [9.17, 15) is 4.79 Å². The molecule has 25 heavy (non-hydrogen) atoms. The molecule has 0 spiro atoms. The van der Waals surface area contributed by atoms with Gasteiger partial charge in [-0.05, 0) is 38.7 Å². The van der Waals surface area contributed by atoms with Crippen molar-refractivity contribution in [2.45, 2.75) is 72.0 Å². The molecule has 1 aliphatic carbocycles. The fourth-order valence-electron chi connectivity index (χ4n) is 3.72. The van der Waals surface area contributed by atoms with Gasteiger partial charge in [0.05, 0.1) is 11.8 Å². The van der Waals surface area contributed by atoms with E-state index in [1.165, 1.54) is 24.0 Å². The standard InChI is InChI=1S/C21H29N3O/c1-4-13-24-17(3)20(14-22-24)21(25)23(19-7-5-6-8-19)15-18-11-9-16(2)10-12-18/h9-12,14,19H,4-8,13,15H2,1-3H3. The Hall–Kier alpha value is -2.10. The van der Waals surface area contributed by atoms with E-state index >= 15 is 0 Å². The van der Waals surface area contributed by atoms with Crippen LogP contribution in [0.4, 0.5) is 0 Å². The summed E-state index contributed by atoms with van der Waals surface area (Å²) in [5.74, 6) is 0.132. The van der Waals surface area contributed by atoms with Crippen molar-refractivity contribution in [2.75, 3.05) is 0 Å². The van der Waals surface area contributed by atoms with E-state index in [2.05, 4.69) is 48.1 Å². The summed E-state index contributed by atoms with van der Waals surface area (Å²) in [6.45, 7) is 7.78. The van der Waals surface area contributed by atoms with E-state index in [1.807, 2.05) is 11.6 Å². The average molecular weight is 339 g/mol. The first-order valence-corrected chi connectivity index (χ1v) is 9.49. The van der Waals surface area contributed by atoms with Crippen molar-refractivity contribution in [3.63, 3.8) is 0 Å². The minimum atomic E-state index is 0.132. The zero-order valence-electron chi connectivity index (χ0n) is 15.7. The third-order valence-corrected chi connectivity index (χ3v) is 5.27. The second-order valence-electron chi connectivity index (χ2n) is 7.22. The summed E-state index contributed by atoms with van der Waals surface area (Å²) in [6, 6.07) is 8.87. The highest BCUT2D eigenvalue weighted by atomic mass is 16.2. The normalized spacial score (nSPS) is 14.8. The van der Waals surface area contributed by atoms with E-state index in [0.717, 1.165) is 37.1 Å². The molecule has 1 amide bonds. The highest BCUT2D eigenvalue weighted by Crippen LogP contribution is 2.27. The first-order valence-electron chi connectivity index (χ1n) is 9.49. The van der Waals surface area contributed by atoms with Crippen LogP contribution in [-0.4, -0.2) is 26.6 Å². The predicted octanol–water partition coefficient (Wildman–Crippen LogP) is 4.49. The maximum Gasteiger partial charge on any atom is 0.257 e. The Kier molecular flexibility index (Phi) is 5.57. The van der Waals surface area contributed by atoms with Crippen molar-refractivity contribution in [3.8, 4) is 0 Å². The molecule has 1 aromatic heterocycles. The molecule has 134 valence electrons. The molecule has 0 bridgehead atoms. The number of hydrogen-bond acceptors (Lipinski definition) is 2. The lowest BCUT2D eigenvalue weighted by Crippen LogP contribution is -2.38. The molecule has 3 rings (SSSR count). The van der Waals surface area contributed by atoms with Crippen LogP contribution in [0.3, 0.4) is 0 Å². The fourth-order valence-corrected chi connectivity index (χ4v) is 3.72. The van der Waals surface area contributed by atoms with Gasteiger partial charge in [0.2, 0.25) is 0 Å². The minimum absolute atomic E-state index is 0.132. The molecule has 4 heteroatoms. The number of hydrogen-bond donors (Lipinski definition) is 0. The van der Waals surface area contributed by atoms with E-state index < -0.39 is 0 Å². The molecule has 1 saturated carbocycles. The fraction of sp³-hybridized carbons (Fsp3) is 0.524. The van der Waals surface area contributed by atoms with Gasteiger partial charge in [-0.15, -0.1) is 0 Å². The Balaban J connectivity index is 1.85. The van der Waals surface area contributed by atoms with E-state index in [0.29, 0.717) is 12.6 Å². The molecular formula is C21H29N3O. The van der Waals surface area contributed by atoms with Gasteiger partial charge in [-0.3, -0.25) is 9.48 Å². The zero-order chi connectivity index (χ0) is 17.8. The van der Waals surface area contributed by atoms with Gasteiger partial charge >= 0.3 is 0 Å². The van der Waals surface area contributed by atoms with E-state index in [-0.39, 0.29) is 5.91 Å². The molecule has 1 aromatic carbocycles. The molecule has 0 saturated heterocycles. The van der Waals surface area contributed by atoms with Gasteiger partial charge < -0.3 is 4.90 Å². The van der Waals surface area contributed by atoms with Crippen molar-refractivity contribution < 1.29 is 4.79 Å². The largest absolute Gasteiger partial charge is 0.331 e. The number of aromatic nitrogens is 2. The van der Waals surface area contributed by atoms with Crippen LogP contribution in [0.1, 0.15) is 66.2 Å². The van der Waals surface area contributed by atoms with Crippen molar-refractivity contribution in [1.82, 2.24) is 14.7 Å². The molecule has 0 atom stereocenters. The maximum absolute atomic E-state index is 13.3. The van der Waals surface area contributed by atoms with Gasteiger partial charge in [-0.2, -0.15) is 5.10 Å². The number of nitrogens with zero attached hydrogens (tertiary/aromatic N) is 3. The number of benzene rings is 1. The highest BCUT2D eigenvalue weighted by Gasteiger charge is 2.29. The number of carbonyl (C=O) groups excluding carboxylic acids is 1. The van der Waals surface area contributed by atoms with Crippen molar-refractivity contribution in [3.05, 3.63) is 52.8 Å². The number of aryl methyl sites for hydroxylation is 2. The zero-order valence-corrected chi connectivity index (χ0v) is 15.7. The summed E-state index contributed by atoms with van der Waals surface area (Å²) in [5, 5.41) is 4.42. The summed E-state index contributed by atoms with van der Waals surface area (Å²) in [6.07, 6.45) is 7.43. The van der Waals surface area contributed by atoms with Crippen LogP contribution < -0.4 is 0 Å². The van der Waals surface area contributed by atoms with Crippen LogP contribution >= 0.6 is 0 Å². The van der Waals surface area contributed by atoms with Crippen LogP contribution in [0.15, 0.2) is 30.5 Å². The Morgan fingerprint density at radius 2 is 1.88 bits per heavy atom. The number of amides is 1. The number of carbonyl (C=O) groups is 1. The van der Waals surface area contributed by atoms with Crippen LogP contribution in [-0.2, 0) is 13.1 Å². The van der Waals surface area contributed by atoms with Gasteiger partial charge in [0.15, 0.2) is 0 Å². The number of rotatable bonds is 6. The molecular weight excluding hydrogens is 310 g/mol. The second kappa shape index (κ2) is 7.85. The quantitative estimate of drug-likeness (QED) is 0.777. The summed E-state index contributed by atoms with van der Waals surface area (Å²) in [5.41, 5.74) is 4.19. The molecule has 0 radical (unpaired) electrons. The SMILES string of the molecule is CCCn1ncc(C(=O)N(Cc2ccc(C)cc2)C2CCCC2)c1C. The lowest BCUT2D eigenvalue weighted by Gasteiger charge is -2.29. The first-order chi connectivity index (χ1) is 12.1. The van der Waals surface area contributed by atoms with Crippen LogP contribution in [0.25, 0.3) is 0 Å². The van der Waals surface area contributed by atoms with Gasteiger partial charge in [0.1, 0.15) is 0 Å². The predicted molar refractivity (Wildman–Crippen MR) is 101 cm³/mol. The second-order valence-corrected chi connectivity index (χ2v) is 7.22. The maximum atomic E-state index is 13.3. The molecule has 0 unspecified atom stereocenters. The van der Waals surface area contributed by atoms with E-state index in [1.54, 1.807) is 6.20 Å². The third kappa shape index (κ3) is 3.94. The van der Waals surface area contributed by atoms with Crippen molar-refractivity contribution in [2.24, 2.45) is 0 Å². The summed E-state index contributed by atoms with van der Waals surface area (Å²) in [4.78, 5) is 15.4. The van der Waals surface area contributed by atoms with Gasteiger partial charge in [-0.25, -0.2) is 0 Å². The van der Waals surface area contributed by atoms with Crippen LogP contribution in [0.5, 0.6) is 0 Å². The lowest BCUT2D eigenvalue weighted by atomic mass is 10.1.